The number of hydrogen-bond donors (Lipinski definition) is 1. The number of ether oxygens (including phenoxy) is 1. The fourth-order valence-corrected chi connectivity index (χ4v) is 4.09. The molecule has 0 aliphatic carbocycles. The molecule has 2 heterocycles. The van der Waals surface area contributed by atoms with E-state index in [0.29, 0.717) is 16.8 Å². The summed E-state index contributed by atoms with van der Waals surface area (Å²) in [5, 5.41) is 2.74. The van der Waals surface area contributed by atoms with Crippen molar-refractivity contribution in [2.75, 3.05) is 11.9 Å². The monoisotopic (exact) mass is 399 g/mol. The maximum absolute atomic E-state index is 12.3. The standard InChI is InChI=1S/C21H21NO5S/c1-11-8-16(13(3)28-11)18(23)6-7-20(25)27-10-19(24)14-4-5-17-15(9-14)12(2)21(26)22-17/h4-5,8-9,12H,6-7,10H2,1-3H3,(H,22,26)/t12-/m0/s1. The van der Waals surface area contributed by atoms with Crippen LogP contribution in [0.5, 0.6) is 0 Å². The Morgan fingerprint density at radius 3 is 2.54 bits per heavy atom. The molecular weight excluding hydrogens is 378 g/mol. The van der Waals surface area contributed by atoms with Gasteiger partial charge in [0, 0.05) is 33.0 Å². The van der Waals surface area contributed by atoms with Gasteiger partial charge in [-0.3, -0.25) is 19.2 Å². The molecule has 1 aliphatic heterocycles. The SMILES string of the molecule is Cc1cc(C(=O)CCC(=O)OCC(=O)c2ccc3c(c2)[C@H](C)C(=O)N3)c(C)s1. The van der Waals surface area contributed by atoms with E-state index < -0.39 is 12.6 Å². The lowest BCUT2D eigenvalue weighted by Crippen LogP contribution is -2.15. The Hall–Kier alpha value is -2.80. The second-order valence-corrected chi connectivity index (χ2v) is 8.31. The summed E-state index contributed by atoms with van der Waals surface area (Å²) < 4.78 is 5.03. The number of carbonyl (C=O) groups is 4. The number of amides is 1. The van der Waals surface area contributed by atoms with Crippen LogP contribution in [0, 0.1) is 13.8 Å². The average molecular weight is 399 g/mol. The lowest BCUT2D eigenvalue weighted by atomic mass is 9.99. The Morgan fingerprint density at radius 1 is 1.11 bits per heavy atom. The molecule has 6 nitrogen and oxygen atoms in total. The first-order valence-electron chi connectivity index (χ1n) is 9.00. The number of aryl methyl sites for hydroxylation is 2. The number of fused-ring (bicyclic) bond motifs is 1. The van der Waals surface area contributed by atoms with Crippen molar-refractivity contribution >= 4 is 40.5 Å². The van der Waals surface area contributed by atoms with Gasteiger partial charge in [-0.05, 0) is 50.6 Å². The van der Waals surface area contributed by atoms with Gasteiger partial charge in [-0.1, -0.05) is 0 Å². The van der Waals surface area contributed by atoms with Crippen molar-refractivity contribution < 1.29 is 23.9 Å². The van der Waals surface area contributed by atoms with Crippen molar-refractivity contribution in [1.82, 2.24) is 0 Å². The molecule has 1 aromatic heterocycles. The van der Waals surface area contributed by atoms with Crippen LogP contribution in [0.1, 0.15) is 61.7 Å². The zero-order valence-corrected chi connectivity index (χ0v) is 16.8. The molecule has 7 heteroatoms. The summed E-state index contributed by atoms with van der Waals surface area (Å²) >= 11 is 1.55. The van der Waals surface area contributed by atoms with Gasteiger partial charge in [0.1, 0.15) is 0 Å². The maximum Gasteiger partial charge on any atom is 0.306 e. The number of carbonyl (C=O) groups excluding carboxylic acids is 4. The quantitative estimate of drug-likeness (QED) is 0.565. The lowest BCUT2D eigenvalue weighted by molar-refractivity contribution is -0.142. The molecule has 1 atom stereocenters. The van der Waals surface area contributed by atoms with Gasteiger partial charge < -0.3 is 10.1 Å². The molecule has 0 fully saturated rings. The first kappa shape index (κ1) is 19.9. The number of ketones is 2. The molecule has 2 aromatic rings. The van der Waals surface area contributed by atoms with Crippen molar-refractivity contribution in [1.29, 1.82) is 0 Å². The van der Waals surface area contributed by atoms with Crippen molar-refractivity contribution in [3.8, 4) is 0 Å². The predicted molar refractivity (Wildman–Crippen MR) is 106 cm³/mol. The van der Waals surface area contributed by atoms with Gasteiger partial charge in [-0.2, -0.15) is 0 Å². The zero-order valence-electron chi connectivity index (χ0n) is 16.0. The van der Waals surface area contributed by atoms with Gasteiger partial charge in [0.05, 0.1) is 12.3 Å². The number of rotatable bonds is 7. The Kier molecular flexibility index (Phi) is 5.74. The van der Waals surface area contributed by atoms with Crippen LogP contribution in [0.3, 0.4) is 0 Å². The molecule has 146 valence electrons. The lowest BCUT2D eigenvalue weighted by Gasteiger charge is -2.07. The number of anilines is 1. The van der Waals surface area contributed by atoms with Crippen LogP contribution in [0.2, 0.25) is 0 Å². The van der Waals surface area contributed by atoms with Crippen LogP contribution in [0.4, 0.5) is 5.69 Å². The third-order valence-electron chi connectivity index (χ3n) is 4.75. The minimum Gasteiger partial charge on any atom is -0.457 e. The van der Waals surface area contributed by atoms with E-state index in [4.69, 9.17) is 4.74 Å². The van der Waals surface area contributed by atoms with Crippen molar-refractivity contribution in [2.45, 2.75) is 39.5 Å². The molecule has 1 aromatic carbocycles. The van der Waals surface area contributed by atoms with E-state index in [1.165, 1.54) is 0 Å². The van der Waals surface area contributed by atoms with Crippen LogP contribution < -0.4 is 5.32 Å². The highest BCUT2D eigenvalue weighted by Crippen LogP contribution is 2.32. The first-order valence-corrected chi connectivity index (χ1v) is 9.81. The highest BCUT2D eigenvalue weighted by atomic mass is 32.1. The fourth-order valence-electron chi connectivity index (χ4n) is 3.15. The van der Waals surface area contributed by atoms with Gasteiger partial charge >= 0.3 is 5.97 Å². The van der Waals surface area contributed by atoms with Gasteiger partial charge in [-0.25, -0.2) is 0 Å². The van der Waals surface area contributed by atoms with Crippen LogP contribution in [-0.4, -0.2) is 30.0 Å². The molecule has 0 spiro atoms. The maximum atomic E-state index is 12.3. The second-order valence-electron chi connectivity index (χ2n) is 6.85. The molecule has 28 heavy (non-hydrogen) atoms. The zero-order chi connectivity index (χ0) is 20.4. The Bertz CT molecular complexity index is 975. The molecule has 1 aliphatic rings. The summed E-state index contributed by atoms with van der Waals surface area (Å²) in [5.74, 6) is -1.46. The second kappa shape index (κ2) is 8.06. The molecule has 1 N–H and O–H groups in total. The summed E-state index contributed by atoms with van der Waals surface area (Å²) in [6, 6.07) is 6.75. The van der Waals surface area contributed by atoms with E-state index in [9.17, 15) is 19.2 Å². The normalized spacial score (nSPS) is 15.1. The first-order chi connectivity index (χ1) is 13.3. The number of esters is 1. The van der Waals surface area contributed by atoms with Crippen LogP contribution in [0.15, 0.2) is 24.3 Å². The molecule has 0 saturated heterocycles. The Balaban J connectivity index is 1.51. The van der Waals surface area contributed by atoms with Gasteiger partial charge in [0.25, 0.3) is 0 Å². The largest absolute Gasteiger partial charge is 0.457 e. The van der Waals surface area contributed by atoms with Gasteiger partial charge in [0.2, 0.25) is 5.91 Å². The van der Waals surface area contributed by atoms with E-state index in [2.05, 4.69) is 5.32 Å². The van der Waals surface area contributed by atoms with Gasteiger partial charge in [0.15, 0.2) is 18.2 Å². The summed E-state index contributed by atoms with van der Waals surface area (Å²) in [7, 11) is 0. The minimum atomic E-state index is -0.585. The van der Waals surface area contributed by atoms with E-state index in [0.717, 1.165) is 15.3 Å². The molecule has 3 rings (SSSR count). The Morgan fingerprint density at radius 2 is 1.86 bits per heavy atom. The van der Waals surface area contributed by atoms with Gasteiger partial charge in [-0.15, -0.1) is 11.3 Å². The number of Topliss-reactive ketones (excluding diaryl/α,β-unsaturated/α-hetero) is 2. The Labute approximate surface area is 166 Å². The van der Waals surface area contributed by atoms with E-state index in [-0.39, 0.29) is 36.2 Å². The highest BCUT2D eigenvalue weighted by molar-refractivity contribution is 7.12. The molecule has 0 saturated carbocycles. The molecule has 0 unspecified atom stereocenters. The third-order valence-corrected chi connectivity index (χ3v) is 5.72. The van der Waals surface area contributed by atoms with E-state index in [1.54, 1.807) is 36.5 Å². The fraction of sp³-hybridized carbons (Fsp3) is 0.333. The van der Waals surface area contributed by atoms with Crippen molar-refractivity contribution in [3.63, 3.8) is 0 Å². The predicted octanol–water partition coefficient (Wildman–Crippen LogP) is 3.81. The number of hydrogen-bond acceptors (Lipinski definition) is 6. The summed E-state index contributed by atoms with van der Waals surface area (Å²) in [4.78, 5) is 50.1. The van der Waals surface area contributed by atoms with Crippen LogP contribution >= 0.6 is 11.3 Å². The molecular formula is C21H21NO5S. The van der Waals surface area contributed by atoms with Crippen molar-refractivity contribution in [2.24, 2.45) is 0 Å². The number of nitrogens with one attached hydrogen (secondary N) is 1. The summed E-state index contributed by atoms with van der Waals surface area (Å²) in [5.41, 5.74) is 2.48. The smallest absolute Gasteiger partial charge is 0.306 e. The average Bonchev–Trinajstić information content (AvgIpc) is 3.15. The van der Waals surface area contributed by atoms with Crippen molar-refractivity contribution in [3.05, 3.63) is 50.7 Å². The number of benzene rings is 1. The number of thiophene rings is 1. The van der Waals surface area contributed by atoms with Crippen LogP contribution in [-0.2, 0) is 14.3 Å². The minimum absolute atomic E-state index is 0.0498. The van der Waals surface area contributed by atoms with Crippen LogP contribution in [0.25, 0.3) is 0 Å². The highest BCUT2D eigenvalue weighted by Gasteiger charge is 2.27. The molecule has 0 radical (unpaired) electrons. The van der Waals surface area contributed by atoms with E-state index in [1.807, 2.05) is 19.9 Å². The summed E-state index contributed by atoms with van der Waals surface area (Å²) in [6.07, 6.45) is -0.0196. The third kappa shape index (κ3) is 4.20. The molecule has 1 amide bonds. The molecule has 0 bridgehead atoms. The van der Waals surface area contributed by atoms with E-state index >= 15 is 0 Å². The topological polar surface area (TPSA) is 89.5 Å². The summed E-state index contributed by atoms with van der Waals surface area (Å²) in [6.45, 7) is 5.18.